The van der Waals surface area contributed by atoms with Gasteiger partial charge in [0.25, 0.3) is 0 Å². The summed E-state index contributed by atoms with van der Waals surface area (Å²) in [6.07, 6.45) is 2.96. The maximum absolute atomic E-state index is 11.4. The van der Waals surface area contributed by atoms with Crippen LogP contribution in [0.15, 0.2) is 57.4 Å². The van der Waals surface area contributed by atoms with Gasteiger partial charge in [0.15, 0.2) is 9.84 Å². The Balaban J connectivity index is 2.14. The van der Waals surface area contributed by atoms with E-state index in [1.54, 1.807) is 30.5 Å². The number of benzene rings is 1. The SMILES string of the molecule is C[C@H](N)c1ccc(Sc2ccc(S(C)(=O)=O)cc2)nc1. The summed E-state index contributed by atoms with van der Waals surface area (Å²) in [7, 11) is -3.15. The fourth-order valence-electron chi connectivity index (χ4n) is 1.60. The molecule has 0 saturated carbocycles. The van der Waals surface area contributed by atoms with E-state index < -0.39 is 9.84 Å². The van der Waals surface area contributed by atoms with Crippen LogP contribution in [-0.2, 0) is 9.84 Å². The quantitative estimate of drug-likeness (QED) is 0.940. The van der Waals surface area contributed by atoms with E-state index in [0.717, 1.165) is 15.5 Å². The van der Waals surface area contributed by atoms with Crippen LogP contribution in [0, 0.1) is 0 Å². The molecule has 1 aromatic carbocycles. The minimum absolute atomic E-state index is 0.0319. The van der Waals surface area contributed by atoms with Gasteiger partial charge in [-0.25, -0.2) is 13.4 Å². The molecule has 0 spiro atoms. The molecule has 0 saturated heterocycles. The molecular weight excluding hydrogens is 292 g/mol. The summed E-state index contributed by atoms with van der Waals surface area (Å²) < 4.78 is 22.7. The highest BCUT2D eigenvalue weighted by molar-refractivity contribution is 7.99. The van der Waals surface area contributed by atoms with Crippen molar-refractivity contribution in [1.82, 2.24) is 4.98 Å². The summed E-state index contributed by atoms with van der Waals surface area (Å²) in [6, 6.07) is 10.6. The zero-order valence-electron chi connectivity index (χ0n) is 11.3. The molecule has 0 amide bonds. The van der Waals surface area contributed by atoms with E-state index in [4.69, 9.17) is 5.73 Å². The Labute approximate surface area is 123 Å². The van der Waals surface area contributed by atoms with E-state index in [9.17, 15) is 8.42 Å². The molecule has 2 rings (SSSR count). The molecule has 0 aliphatic rings. The molecule has 0 aliphatic heterocycles. The molecule has 2 aromatic rings. The minimum atomic E-state index is -3.15. The number of rotatable bonds is 4. The first kappa shape index (κ1) is 15.0. The van der Waals surface area contributed by atoms with Gasteiger partial charge in [0.1, 0.15) is 5.03 Å². The van der Waals surface area contributed by atoms with Crippen molar-refractivity contribution < 1.29 is 8.42 Å². The molecule has 0 bridgehead atoms. The number of aromatic nitrogens is 1. The second-order valence-corrected chi connectivity index (χ2v) is 7.67. The van der Waals surface area contributed by atoms with Crippen molar-refractivity contribution in [2.45, 2.75) is 27.8 Å². The van der Waals surface area contributed by atoms with E-state index in [2.05, 4.69) is 4.98 Å². The van der Waals surface area contributed by atoms with Gasteiger partial charge in [-0.3, -0.25) is 0 Å². The summed E-state index contributed by atoms with van der Waals surface area (Å²) in [4.78, 5) is 5.60. The molecule has 2 N–H and O–H groups in total. The zero-order valence-corrected chi connectivity index (χ0v) is 12.9. The number of nitrogens with zero attached hydrogens (tertiary/aromatic N) is 1. The van der Waals surface area contributed by atoms with Crippen LogP contribution in [0.5, 0.6) is 0 Å². The monoisotopic (exact) mass is 308 g/mol. The molecule has 0 unspecified atom stereocenters. The van der Waals surface area contributed by atoms with Gasteiger partial charge in [-0.1, -0.05) is 17.8 Å². The fourth-order valence-corrected chi connectivity index (χ4v) is 2.98. The van der Waals surface area contributed by atoms with Crippen molar-refractivity contribution in [3.8, 4) is 0 Å². The van der Waals surface area contributed by atoms with Crippen molar-refractivity contribution in [2.75, 3.05) is 6.26 Å². The van der Waals surface area contributed by atoms with Gasteiger partial charge in [0.2, 0.25) is 0 Å². The smallest absolute Gasteiger partial charge is 0.175 e. The second-order valence-electron chi connectivity index (χ2n) is 4.56. The van der Waals surface area contributed by atoms with Gasteiger partial charge in [-0.15, -0.1) is 0 Å². The summed E-state index contributed by atoms with van der Waals surface area (Å²) in [5.41, 5.74) is 6.76. The predicted octanol–water partition coefficient (Wildman–Crippen LogP) is 2.66. The van der Waals surface area contributed by atoms with Gasteiger partial charge >= 0.3 is 0 Å². The topological polar surface area (TPSA) is 73.1 Å². The van der Waals surface area contributed by atoms with E-state index in [-0.39, 0.29) is 6.04 Å². The number of hydrogen-bond acceptors (Lipinski definition) is 5. The molecule has 1 aromatic heterocycles. The van der Waals surface area contributed by atoms with Crippen molar-refractivity contribution in [3.05, 3.63) is 48.2 Å². The molecular formula is C14H16N2O2S2. The molecule has 1 heterocycles. The van der Waals surface area contributed by atoms with Crippen LogP contribution in [0.25, 0.3) is 0 Å². The van der Waals surface area contributed by atoms with Crippen molar-refractivity contribution in [2.24, 2.45) is 5.73 Å². The first-order valence-corrected chi connectivity index (χ1v) is 8.76. The predicted molar refractivity (Wildman–Crippen MR) is 80.5 cm³/mol. The third kappa shape index (κ3) is 3.82. The Morgan fingerprint density at radius 3 is 2.25 bits per heavy atom. The summed E-state index contributed by atoms with van der Waals surface area (Å²) in [6.45, 7) is 1.91. The second kappa shape index (κ2) is 5.95. The average Bonchev–Trinajstić information content (AvgIpc) is 2.39. The summed E-state index contributed by atoms with van der Waals surface area (Å²) in [5, 5.41) is 0.849. The molecule has 106 valence electrons. The van der Waals surface area contributed by atoms with Gasteiger partial charge < -0.3 is 5.73 Å². The Morgan fingerprint density at radius 2 is 1.80 bits per heavy atom. The van der Waals surface area contributed by atoms with Gasteiger partial charge in [0.05, 0.1) is 4.90 Å². The zero-order chi connectivity index (χ0) is 14.8. The Hall–Kier alpha value is -1.37. The molecule has 0 fully saturated rings. The highest BCUT2D eigenvalue weighted by atomic mass is 32.2. The van der Waals surface area contributed by atoms with Crippen LogP contribution < -0.4 is 5.73 Å². The summed E-state index contributed by atoms with van der Waals surface area (Å²) in [5.74, 6) is 0. The lowest BCUT2D eigenvalue weighted by atomic mass is 10.2. The largest absolute Gasteiger partial charge is 0.324 e. The number of hydrogen-bond donors (Lipinski definition) is 1. The fraction of sp³-hybridized carbons (Fsp3) is 0.214. The Morgan fingerprint density at radius 1 is 1.15 bits per heavy atom. The molecule has 0 aliphatic carbocycles. The van der Waals surface area contributed by atoms with E-state index in [0.29, 0.717) is 4.90 Å². The van der Waals surface area contributed by atoms with Crippen molar-refractivity contribution >= 4 is 21.6 Å². The molecule has 4 nitrogen and oxygen atoms in total. The minimum Gasteiger partial charge on any atom is -0.324 e. The summed E-state index contributed by atoms with van der Waals surface area (Å²) >= 11 is 1.48. The number of nitrogens with two attached hydrogens (primary N) is 1. The van der Waals surface area contributed by atoms with Crippen LogP contribution in [0.1, 0.15) is 18.5 Å². The first-order valence-electron chi connectivity index (χ1n) is 6.06. The Kier molecular flexibility index (Phi) is 4.47. The van der Waals surface area contributed by atoms with Crippen LogP contribution >= 0.6 is 11.8 Å². The van der Waals surface area contributed by atoms with E-state index in [1.807, 2.05) is 19.1 Å². The van der Waals surface area contributed by atoms with Crippen LogP contribution in [0.2, 0.25) is 0 Å². The van der Waals surface area contributed by atoms with Crippen molar-refractivity contribution in [1.29, 1.82) is 0 Å². The standard InChI is InChI=1S/C14H16N2O2S2/c1-10(15)11-3-8-14(16-9-11)19-12-4-6-13(7-5-12)20(2,17)18/h3-10H,15H2,1-2H3/t10-/m0/s1. The van der Waals surface area contributed by atoms with Crippen molar-refractivity contribution in [3.63, 3.8) is 0 Å². The lowest BCUT2D eigenvalue weighted by molar-refractivity contribution is 0.602. The number of sulfone groups is 1. The average molecular weight is 308 g/mol. The Bertz CT molecular complexity index is 678. The molecule has 6 heteroatoms. The van der Waals surface area contributed by atoms with Crippen LogP contribution in [0.4, 0.5) is 0 Å². The highest BCUT2D eigenvalue weighted by Gasteiger charge is 2.07. The van der Waals surface area contributed by atoms with Crippen LogP contribution in [0.3, 0.4) is 0 Å². The maximum Gasteiger partial charge on any atom is 0.175 e. The third-order valence-corrected chi connectivity index (χ3v) is 4.85. The van der Waals surface area contributed by atoms with E-state index in [1.165, 1.54) is 18.0 Å². The molecule has 20 heavy (non-hydrogen) atoms. The lowest BCUT2D eigenvalue weighted by Crippen LogP contribution is -2.04. The van der Waals surface area contributed by atoms with E-state index >= 15 is 0 Å². The normalized spacial score (nSPS) is 13.2. The van der Waals surface area contributed by atoms with Crippen LogP contribution in [-0.4, -0.2) is 19.7 Å². The van der Waals surface area contributed by atoms with Gasteiger partial charge in [-0.2, -0.15) is 0 Å². The lowest BCUT2D eigenvalue weighted by Gasteiger charge is -2.06. The van der Waals surface area contributed by atoms with Gasteiger partial charge in [-0.05, 0) is 42.8 Å². The molecule has 1 atom stereocenters. The molecule has 0 radical (unpaired) electrons. The first-order chi connectivity index (χ1) is 9.36. The van der Waals surface area contributed by atoms with Gasteiger partial charge in [0, 0.05) is 23.4 Å². The number of pyridine rings is 1. The highest BCUT2D eigenvalue weighted by Crippen LogP contribution is 2.27. The third-order valence-electron chi connectivity index (χ3n) is 2.76. The maximum atomic E-state index is 11.4.